The average Bonchev–Trinajstić information content (AvgIpc) is 3.52. The van der Waals surface area contributed by atoms with Gasteiger partial charge < -0.3 is 14.6 Å². The molecule has 11 heteroatoms. The number of amides is 1. The third-order valence-corrected chi connectivity index (χ3v) is 9.99. The smallest absolute Gasteiger partial charge is 0.252 e. The van der Waals surface area contributed by atoms with Crippen LogP contribution < -0.4 is 5.32 Å². The minimum absolute atomic E-state index is 0.00432. The largest absolute Gasteiger partial charge is 0.376 e. The summed E-state index contributed by atoms with van der Waals surface area (Å²) in [6.45, 7) is 1.97. The lowest BCUT2D eigenvalue weighted by atomic mass is 9.85. The molecule has 3 fully saturated rings. The molecule has 2 aromatic rings. The Morgan fingerprint density at radius 3 is 2.69 bits per heavy atom. The fraction of sp³-hybridized carbons (Fsp3) is 0.667. The molecule has 4 heterocycles. The molecule has 0 radical (unpaired) electrons. The Labute approximate surface area is 191 Å². The number of nitrogens with one attached hydrogen (secondary N) is 1. The molecule has 1 amide bonds. The van der Waals surface area contributed by atoms with Crippen LogP contribution in [0.4, 0.5) is 0 Å². The van der Waals surface area contributed by atoms with Crippen LogP contribution in [0.1, 0.15) is 56.8 Å². The van der Waals surface area contributed by atoms with Gasteiger partial charge in [-0.1, -0.05) is 11.6 Å². The van der Waals surface area contributed by atoms with E-state index >= 15 is 0 Å². The second-order valence-electron chi connectivity index (χ2n) is 8.80. The SMILES string of the molecule is O=C(NC[C@@H]1CCCO1)C1CCN(S(=O)(=O)c2cc(-c3noc(C4CCC4)n3)cs2)CC1. The summed E-state index contributed by atoms with van der Waals surface area (Å²) >= 11 is 1.17. The van der Waals surface area contributed by atoms with Gasteiger partial charge in [-0.05, 0) is 44.6 Å². The molecule has 1 N–H and O–H groups in total. The summed E-state index contributed by atoms with van der Waals surface area (Å²) in [6.07, 6.45) is 6.46. The number of ether oxygens (including phenoxy) is 1. The van der Waals surface area contributed by atoms with Crippen LogP contribution in [-0.4, -0.2) is 61.1 Å². The van der Waals surface area contributed by atoms with Crippen molar-refractivity contribution in [3.63, 3.8) is 0 Å². The number of hydrogen-bond donors (Lipinski definition) is 1. The van der Waals surface area contributed by atoms with Crippen molar-refractivity contribution in [2.45, 2.75) is 61.2 Å². The highest BCUT2D eigenvalue weighted by molar-refractivity contribution is 7.91. The number of carbonyl (C=O) groups excluding carboxylic acids is 1. The highest BCUT2D eigenvalue weighted by atomic mass is 32.2. The molecule has 5 rings (SSSR count). The van der Waals surface area contributed by atoms with Crippen LogP contribution in [0.25, 0.3) is 11.4 Å². The third kappa shape index (κ3) is 4.48. The van der Waals surface area contributed by atoms with Crippen molar-refractivity contribution in [1.29, 1.82) is 0 Å². The van der Waals surface area contributed by atoms with Gasteiger partial charge in [0.05, 0.1) is 6.10 Å². The fourth-order valence-corrected chi connectivity index (χ4v) is 7.17. The fourth-order valence-electron chi connectivity index (χ4n) is 4.39. The maximum atomic E-state index is 13.1. The van der Waals surface area contributed by atoms with E-state index in [-0.39, 0.29) is 22.1 Å². The van der Waals surface area contributed by atoms with E-state index in [4.69, 9.17) is 9.26 Å². The van der Waals surface area contributed by atoms with Gasteiger partial charge in [-0.15, -0.1) is 11.3 Å². The lowest BCUT2D eigenvalue weighted by molar-refractivity contribution is -0.126. The van der Waals surface area contributed by atoms with E-state index in [1.54, 1.807) is 11.4 Å². The summed E-state index contributed by atoms with van der Waals surface area (Å²) in [5, 5.41) is 8.76. The molecule has 0 bridgehead atoms. The monoisotopic (exact) mass is 480 g/mol. The highest BCUT2D eigenvalue weighted by Gasteiger charge is 2.34. The second-order valence-corrected chi connectivity index (χ2v) is 11.9. The lowest BCUT2D eigenvalue weighted by Crippen LogP contribution is -2.44. The quantitative estimate of drug-likeness (QED) is 0.648. The number of piperidine rings is 1. The van der Waals surface area contributed by atoms with Crippen molar-refractivity contribution < 1.29 is 22.5 Å². The number of aromatic nitrogens is 2. The van der Waals surface area contributed by atoms with E-state index < -0.39 is 10.0 Å². The summed E-state index contributed by atoms with van der Waals surface area (Å²) in [5.74, 6) is 1.25. The highest BCUT2D eigenvalue weighted by Crippen LogP contribution is 2.37. The first-order valence-corrected chi connectivity index (χ1v) is 13.6. The molecule has 2 aliphatic heterocycles. The normalized spacial score (nSPS) is 23.3. The predicted molar refractivity (Wildman–Crippen MR) is 118 cm³/mol. The van der Waals surface area contributed by atoms with Gasteiger partial charge in [0.15, 0.2) is 0 Å². The molecule has 2 aromatic heterocycles. The molecule has 1 atom stereocenters. The molecule has 32 heavy (non-hydrogen) atoms. The Morgan fingerprint density at radius 2 is 2.00 bits per heavy atom. The first-order valence-electron chi connectivity index (χ1n) is 11.3. The summed E-state index contributed by atoms with van der Waals surface area (Å²) in [5.41, 5.74) is 0.659. The van der Waals surface area contributed by atoms with Gasteiger partial charge in [0.25, 0.3) is 10.0 Å². The van der Waals surface area contributed by atoms with Gasteiger partial charge in [0.1, 0.15) is 4.21 Å². The summed E-state index contributed by atoms with van der Waals surface area (Å²) in [6, 6.07) is 1.62. The zero-order valence-electron chi connectivity index (χ0n) is 17.9. The zero-order chi connectivity index (χ0) is 22.1. The summed E-state index contributed by atoms with van der Waals surface area (Å²) < 4.78 is 38.9. The van der Waals surface area contributed by atoms with Gasteiger partial charge in [-0.2, -0.15) is 9.29 Å². The van der Waals surface area contributed by atoms with E-state index in [1.807, 2.05) is 0 Å². The maximum absolute atomic E-state index is 13.1. The first-order chi connectivity index (χ1) is 15.5. The van der Waals surface area contributed by atoms with Gasteiger partial charge in [0.2, 0.25) is 17.6 Å². The van der Waals surface area contributed by atoms with Crippen LogP contribution in [0, 0.1) is 5.92 Å². The summed E-state index contributed by atoms with van der Waals surface area (Å²) in [7, 11) is -3.61. The van der Waals surface area contributed by atoms with Crippen LogP contribution in [0.5, 0.6) is 0 Å². The second kappa shape index (κ2) is 9.20. The Balaban J connectivity index is 1.17. The predicted octanol–water partition coefficient (Wildman–Crippen LogP) is 2.76. The van der Waals surface area contributed by atoms with Crippen molar-refractivity contribution in [1.82, 2.24) is 19.8 Å². The van der Waals surface area contributed by atoms with Crippen molar-refractivity contribution in [3.8, 4) is 11.4 Å². The zero-order valence-corrected chi connectivity index (χ0v) is 19.5. The number of nitrogens with zero attached hydrogens (tertiary/aromatic N) is 3. The van der Waals surface area contributed by atoms with Crippen molar-refractivity contribution in [3.05, 3.63) is 17.3 Å². The lowest BCUT2D eigenvalue weighted by Gasteiger charge is -2.30. The van der Waals surface area contributed by atoms with Crippen LogP contribution in [0.2, 0.25) is 0 Å². The Morgan fingerprint density at radius 1 is 1.19 bits per heavy atom. The van der Waals surface area contributed by atoms with E-state index in [0.29, 0.717) is 55.7 Å². The topological polar surface area (TPSA) is 115 Å². The molecule has 174 valence electrons. The first kappa shape index (κ1) is 22.0. The Bertz CT molecular complexity index is 1050. The van der Waals surface area contributed by atoms with E-state index in [2.05, 4.69) is 15.5 Å². The molecule has 1 aliphatic carbocycles. The molecular formula is C21H28N4O5S2. The minimum atomic E-state index is -3.61. The number of thiophene rings is 1. The van der Waals surface area contributed by atoms with Crippen molar-refractivity contribution >= 4 is 27.3 Å². The maximum Gasteiger partial charge on any atom is 0.252 e. The molecule has 3 aliphatic rings. The molecule has 9 nitrogen and oxygen atoms in total. The molecular weight excluding hydrogens is 452 g/mol. The van der Waals surface area contributed by atoms with Gasteiger partial charge >= 0.3 is 0 Å². The molecule has 0 aromatic carbocycles. The molecule has 0 spiro atoms. The van der Waals surface area contributed by atoms with E-state index in [0.717, 1.165) is 32.3 Å². The number of rotatable bonds is 7. The van der Waals surface area contributed by atoms with Crippen LogP contribution in [-0.2, 0) is 19.6 Å². The summed E-state index contributed by atoms with van der Waals surface area (Å²) in [4.78, 5) is 16.9. The molecule has 2 saturated heterocycles. The Hall–Kier alpha value is -1.82. The van der Waals surface area contributed by atoms with E-state index in [9.17, 15) is 13.2 Å². The van der Waals surface area contributed by atoms with Crippen LogP contribution >= 0.6 is 11.3 Å². The number of hydrogen-bond acceptors (Lipinski definition) is 8. The van der Waals surface area contributed by atoms with E-state index in [1.165, 1.54) is 22.1 Å². The van der Waals surface area contributed by atoms with Crippen molar-refractivity contribution in [2.24, 2.45) is 5.92 Å². The third-order valence-electron chi connectivity index (χ3n) is 6.68. The standard InChI is InChI=1S/C21H28N4O5S2/c26-20(22-12-17-5-2-10-29-17)14-6-8-25(9-7-14)32(27,28)18-11-16(13-31-18)19-23-21(30-24-19)15-3-1-4-15/h11,13-15,17H,1-10,12H2,(H,22,26)/t17-/m0/s1. The molecule has 0 unspecified atom stereocenters. The van der Waals surface area contributed by atoms with Gasteiger partial charge in [-0.3, -0.25) is 4.79 Å². The van der Waals surface area contributed by atoms with Gasteiger partial charge in [-0.25, -0.2) is 8.42 Å². The van der Waals surface area contributed by atoms with Crippen molar-refractivity contribution in [2.75, 3.05) is 26.2 Å². The minimum Gasteiger partial charge on any atom is -0.376 e. The Kier molecular flexibility index (Phi) is 6.33. The molecule has 1 saturated carbocycles. The number of carbonyl (C=O) groups is 1. The average molecular weight is 481 g/mol. The van der Waals surface area contributed by atoms with Crippen LogP contribution in [0.15, 0.2) is 20.2 Å². The number of sulfonamides is 1. The van der Waals surface area contributed by atoms with Gasteiger partial charge in [0, 0.05) is 49.0 Å². The van der Waals surface area contributed by atoms with Crippen LogP contribution in [0.3, 0.4) is 0 Å².